The minimum Gasteiger partial charge on any atom is -0.324 e. The molecule has 2 atom stereocenters. The summed E-state index contributed by atoms with van der Waals surface area (Å²) in [5, 5.41) is 7.35. The van der Waals surface area contributed by atoms with E-state index < -0.39 is 0 Å². The lowest BCUT2D eigenvalue weighted by Gasteiger charge is -2.38. The van der Waals surface area contributed by atoms with Crippen molar-refractivity contribution in [3.05, 3.63) is 10.6 Å². The van der Waals surface area contributed by atoms with E-state index in [0.29, 0.717) is 5.92 Å². The lowest BCUT2D eigenvalue weighted by Crippen LogP contribution is -2.46. The van der Waals surface area contributed by atoms with Crippen LogP contribution in [0.1, 0.15) is 42.7 Å². The number of urea groups is 1. The highest BCUT2D eigenvalue weighted by molar-refractivity contribution is 7.15. The molecular weight excluding hydrogens is 308 g/mol. The maximum Gasteiger partial charge on any atom is 0.323 e. The number of likely N-dealkylation sites (tertiary alicyclic amines) is 1. The van der Waals surface area contributed by atoms with Crippen LogP contribution in [0.2, 0.25) is 0 Å². The molecule has 1 aliphatic carbocycles. The summed E-state index contributed by atoms with van der Waals surface area (Å²) in [4.78, 5) is 20.5. The number of carbonyl (C=O) groups is 1. The summed E-state index contributed by atoms with van der Waals surface area (Å²) in [6.07, 6.45) is 8.39. The molecule has 2 aliphatic heterocycles. The van der Waals surface area contributed by atoms with E-state index in [0.717, 1.165) is 56.5 Å². The van der Waals surface area contributed by atoms with Crippen molar-refractivity contribution >= 4 is 22.5 Å². The first kappa shape index (κ1) is 15.4. The monoisotopic (exact) mass is 334 g/mol. The van der Waals surface area contributed by atoms with E-state index in [1.54, 1.807) is 11.3 Å². The van der Waals surface area contributed by atoms with Crippen molar-refractivity contribution in [2.45, 2.75) is 44.9 Å². The number of rotatable bonds is 2. The van der Waals surface area contributed by atoms with Crippen LogP contribution in [0.25, 0.3) is 0 Å². The van der Waals surface area contributed by atoms with Gasteiger partial charge in [-0.1, -0.05) is 0 Å². The van der Waals surface area contributed by atoms with Gasteiger partial charge in [0, 0.05) is 18.0 Å². The molecule has 4 rings (SSSR count). The second-order valence-corrected chi connectivity index (χ2v) is 8.21. The average Bonchev–Trinajstić information content (AvgIpc) is 3.17. The Labute approximate surface area is 141 Å². The topological polar surface area (TPSA) is 57.3 Å². The summed E-state index contributed by atoms with van der Waals surface area (Å²) in [6.45, 7) is 4.07. The molecule has 6 heteroatoms. The predicted octanol–water partition coefficient (Wildman–Crippen LogP) is 2.88. The molecule has 0 saturated carbocycles. The summed E-state index contributed by atoms with van der Waals surface area (Å²) >= 11 is 1.66. The van der Waals surface area contributed by atoms with E-state index in [2.05, 4.69) is 15.6 Å². The van der Waals surface area contributed by atoms with Crippen LogP contribution in [-0.4, -0.2) is 42.1 Å². The van der Waals surface area contributed by atoms with Gasteiger partial charge in [0.2, 0.25) is 0 Å². The molecule has 0 aromatic carbocycles. The first-order valence-corrected chi connectivity index (χ1v) is 9.86. The van der Waals surface area contributed by atoms with Crippen molar-refractivity contribution < 1.29 is 4.79 Å². The molecule has 0 spiro atoms. The summed E-state index contributed by atoms with van der Waals surface area (Å²) < 4.78 is 0. The molecule has 2 N–H and O–H groups in total. The van der Waals surface area contributed by atoms with E-state index in [4.69, 9.17) is 0 Å². The van der Waals surface area contributed by atoms with Crippen molar-refractivity contribution in [1.29, 1.82) is 0 Å². The average molecular weight is 334 g/mol. The number of nitrogens with zero attached hydrogens (tertiary/aromatic N) is 2. The number of hydrogen-bond donors (Lipinski definition) is 2. The maximum atomic E-state index is 12.6. The fourth-order valence-electron chi connectivity index (χ4n) is 4.27. The SMILES string of the molecule is O=C(Nc1nc2c(s1)CCC2)N1CCCC(C2CCCNC2)C1. The Balaban J connectivity index is 1.35. The zero-order valence-electron chi connectivity index (χ0n) is 13.6. The van der Waals surface area contributed by atoms with Gasteiger partial charge in [-0.2, -0.15) is 0 Å². The first-order chi connectivity index (χ1) is 11.3. The molecule has 2 saturated heterocycles. The van der Waals surface area contributed by atoms with Crippen molar-refractivity contribution in [3.8, 4) is 0 Å². The van der Waals surface area contributed by atoms with Gasteiger partial charge in [-0.05, 0) is 69.9 Å². The third-order valence-corrected chi connectivity index (χ3v) is 6.63. The van der Waals surface area contributed by atoms with Gasteiger partial charge in [-0.3, -0.25) is 5.32 Å². The van der Waals surface area contributed by atoms with Gasteiger partial charge in [0.1, 0.15) is 0 Å². The van der Waals surface area contributed by atoms with Crippen LogP contribution >= 0.6 is 11.3 Å². The van der Waals surface area contributed by atoms with Gasteiger partial charge in [-0.15, -0.1) is 11.3 Å². The molecule has 126 valence electrons. The van der Waals surface area contributed by atoms with Crippen molar-refractivity contribution in [2.75, 3.05) is 31.5 Å². The predicted molar refractivity (Wildman–Crippen MR) is 93.0 cm³/mol. The lowest BCUT2D eigenvalue weighted by molar-refractivity contribution is 0.137. The quantitative estimate of drug-likeness (QED) is 0.874. The Bertz CT molecular complexity index is 545. The van der Waals surface area contributed by atoms with Gasteiger partial charge < -0.3 is 10.2 Å². The number of aryl methyl sites for hydroxylation is 2. The molecule has 1 aromatic heterocycles. The van der Waals surface area contributed by atoms with Crippen LogP contribution in [0.3, 0.4) is 0 Å². The number of amides is 2. The zero-order chi connectivity index (χ0) is 15.6. The molecular formula is C17H26N4OS. The second-order valence-electron chi connectivity index (χ2n) is 7.13. The Morgan fingerprint density at radius 1 is 1.22 bits per heavy atom. The Morgan fingerprint density at radius 2 is 2.13 bits per heavy atom. The fourth-order valence-corrected chi connectivity index (χ4v) is 5.31. The van der Waals surface area contributed by atoms with Gasteiger partial charge in [-0.25, -0.2) is 9.78 Å². The third-order valence-electron chi connectivity index (χ3n) is 5.56. The summed E-state index contributed by atoms with van der Waals surface area (Å²) in [5.74, 6) is 1.40. The molecule has 2 unspecified atom stereocenters. The molecule has 3 heterocycles. The highest BCUT2D eigenvalue weighted by atomic mass is 32.1. The number of hydrogen-bond acceptors (Lipinski definition) is 4. The normalized spacial score (nSPS) is 27.7. The number of fused-ring (bicyclic) bond motifs is 1. The number of aromatic nitrogens is 1. The van der Waals surface area contributed by atoms with Crippen molar-refractivity contribution in [3.63, 3.8) is 0 Å². The second kappa shape index (κ2) is 6.77. The van der Waals surface area contributed by atoms with Crippen LogP contribution in [0, 0.1) is 11.8 Å². The zero-order valence-corrected chi connectivity index (χ0v) is 14.5. The molecule has 2 fully saturated rings. The minimum absolute atomic E-state index is 0.0471. The highest BCUT2D eigenvalue weighted by Gasteiger charge is 2.30. The molecule has 2 amide bonds. The third kappa shape index (κ3) is 3.38. The molecule has 0 radical (unpaired) electrons. The first-order valence-electron chi connectivity index (χ1n) is 9.05. The number of piperidine rings is 2. The Hall–Kier alpha value is -1.14. The molecule has 1 aromatic rings. The summed E-state index contributed by atoms with van der Waals surface area (Å²) in [7, 11) is 0. The molecule has 0 bridgehead atoms. The number of carbonyl (C=O) groups excluding carboxylic acids is 1. The Kier molecular flexibility index (Phi) is 4.53. The van der Waals surface area contributed by atoms with Gasteiger partial charge in [0.05, 0.1) is 5.69 Å². The maximum absolute atomic E-state index is 12.6. The van der Waals surface area contributed by atoms with Crippen LogP contribution < -0.4 is 10.6 Å². The van der Waals surface area contributed by atoms with Gasteiger partial charge >= 0.3 is 6.03 Å². The van der Waals surface area contributed by atoms with Crippen LogP contribution in [-0.2, 0) is 12.8 Å². The van der Waals surface area contributed by atoms with Crippen LogP contribution in [0.4, 0.5) is 9.93 Å². The Morgan fingerprint density at radius 3 is 2.96 bits per heavy atom. The smallest absolute Gasteiger partial charge is 0.323 e. The van der Waals surface area contributed by atoms with E-state index in [-0.39, 0.29) is 6.03 Å². The van der Waals surface area contributed by atoms with Gasteiger partial charge in [0.15, 0.2) is 5.13 Å². The lowest BCUT2D eigenvalue weighted by atomic mass is 9.81. The molecule has 3 aliphatic rings. The minimum atomic E-state index is 0.0471. The highest BCUT2D eigenvalue weighted by Crippen LogP contribution is 2.32. The van der Waals surface area contributed by atoms with E-state index >= 15 is 0 Å². The van der Waals surface area contributed by atoms with Gasteiger partial charge in [0.25, 0.3) is 0 Å². The van der Waals surface area contributed by atoms with Crippen LogP contribution in [0.5, 0.6) is 0 Å². The number of thiazole rings is 1. The van der Waals surface area contributed by atoms with Crippen LogP contribution in [0.15, 0.2) is 0 Å². The van der Waals surface area contributed by atoms with Crippen molar-refractivity contribution in [1.82, 2.24) is 15.2 Å². The largest absolute Gasteiger partial charge is 0.324 e. The van der Waals surface area contributed by atoms with Crippen molar-refractivity contribution in [2.24, 2.45) is 11.8 Å². The number of nitrogens with one attached hydrogen (secondary N) is 2. The molecule has 5 nitrogen and oxygen atoms in total. The fraction of sp³-hybridized carbons (Fsp3) is 0.765. The van der Waals surface area contributed by atoms with E-state index in [1.807, 2.05) is 4.90 Å². The summed E-state index contributed by atoms with van der Waals surface area (Å²) in [5.41, 5.74) is 1.20. The number of anilines is 1. The van der Waals surface area contributed by atoms with E-state index in [1.165, 1.54) is 36.3 Å². The molecule has 23 heavy (non-hydrogen) atoms. The van der Waals surface area contributed by atoms with E-state index in [9.17, 15) is 4.79 Å². The summed E-state index contributed by atoms with van der Waals surface area (Å²) in [6, 6.07) is 0.0471. The standard InChI is InChI=1S/C17H26N4OS/c22-17(20-16-19-14-6-1-7-15(14)23-16)21-9-3-5-13(11-21)12-4-2-8-18-10-12/h12-13,18H,1-11H2,(H,19,20,22).